The molecule has 4 aromatic carbocycles. The fourth-order valence-corrected chi connectivity index (χ4v) is 4.81. The molecule has 1 aromatic heterocycles. The number of aromatic carboxylic acids is 1. The van der Waals surface area contributed by atoms with Crippen molar-refractivity contribution in [3.05, 3.63) is 95.1 Å². The van der Waals surface area contributed by atoms with Crippen LogP contribution in [0.25, 0.3) is 33.2 Å². The highest BCUT2D eigenvalue weighted by Crippen LogP contribution is 2.45. The lowest BCUT2D eigenvalue weighted by Gasteiger charge is -2.15. The number of para-hydroxylation sites is 1. The van der Waals surface area contributed by atoms with Crippen molar-refractivity contribution < 1.29 is 20.1 Å². The van der Waals surface area contributed by atoms with Gasteiger partial charge in [-0.15, -0.1) is 10.2 Å². The van der Waals surface area contributed by atoms with E-state index in [9.17, 15) is 20.1 Å². The van der Waals surface area contributed by atoms with Gasteiger partial charge in [-0.1, -0.05) is 68.4 Å². The van der Waals surface area contributed by atoms with Gasteiger partial charge >= 0.3 is 5.97 Å². The first kappa shape index (κ1) is 25.7. The standard InChI is InChI=1S/C32H29N3O4/c1-17(2)23-13-14-25-28(27(23)21-12-11-18(3)19(4)15-21)33-31(37)29(25)35-34-26-10-6-9-24(30(26)36)20-7-5-8-22(16-20)32(38)39/h5-17,33,36-37H,1-4H3,(H,38,39). The first-order valence-corrected chi connectivity index (χ1v) is 12.7. The number of carboxylic acids is 1. The monoisotopic (exact) mass is 519 g/mol. The van der Waals surface area contributed by atoms with E-state index < -0.39 is 5.97 Å². The topological polar surface area (TPSA) is 118 Å². The van der Waals surface area contributed by atoms with Gasteiger partial charge < -0.3 is 20.3 Å². The van der Waals surface area contributed by atoms with Gasteiger partial charge in [0.25, 0.3) is 0 Å². The highest BCUT2D eigenvalue weighted by Gasteiger charge is 2.20. The number of hydrogen-bond donors (Lipinski definition) is 4. The normalized spacial score (nSPS) is 11.6. The Hall–Kier alpha value is -4.91. The molecule has 5 aromatic rings. The van der Waals surface area contributed by atoms with Crippen molar-refractivity contribution in [1.82, 2.24) is 4.98 Å². The molecule has 39 heavy (non-hydrogen) atoms. The van der Waals surface area contributed by atoms with Crippen LogP contribution in [0.5, 0.6) is 11.6 Å². The summed E-state index contributed by atoms with van der Waals surface area (Å²) in [5.41, 5.74) is 7.88. The number of aryl methyl sites for hydroxylation is 2. The van der Waals surface area contributed by atoms with Crippen LogP contribution in [-0.4, -0.2) is 26.3 Å². The number of aromatic amines is 1. The van der Waals surface area contributed by atoms with E-state index in [0.29, 0.717) is 16.5 Å². The summed E-state index contributed by atoms with van der Waals surface area (Å²) in [5.74, 6) is -1.06. The molecule has 0 spiro atoms. The van der Waals surface area contributed by atoms with Gasteiger partial charge in [-0.25, -0.2) is 4.79 Å². The molecular formula is C32H29N3O4. The molecule has 0 radical (unpaired) electrons. The minimum Gasteiger partial charge on any atom is -0.505 e. The van der Waals surface area contributed by atoms with Crippen molar-refractivity contribution in [2.24, 2.45) is 10.2 Å². The van der Waals surface area contributed by atoms with Crippen LogP contribution in [0, 0.1) is 13.8 Å². The Balaban J connectivity index is 1.61. The molecule has 0 fully saturated rings. The van der Waals surface area contributed by atoms with Gasteiger partial charge in [0.2, 0.25) is 5.88 Å². The number of nitrogens with zero attached hydrogens (tertiary/aromatic N) is 2. The van der Waals surface area contributed by atoms with Gasteiger partial charge in [0, 0.05) is 16.5 Å². The lowest BCUT2D eigenvalue weighted by molar-refractivity contribution is 0.0697. The lowest BCUT2D eigenvalue weighted by atomic mass is 9.89. The number of fused-ring (bicyclic) bond motifs is 1. The molecule has 0 unspecified atom stereocenters. The molecule has 0 aliphatic rings. The van der Waals surface area contributed by atoms with Gasteiger partial charge in [-0.2, -0.15) is 0 Å². The first-order chi connectivity index (χ1) is 18.7. The Morgan fingerprint density at radius 3 is 2.33 bits per heavy atom. The van der Waals surface area contributed by atoms with Crippen molar-refractivity contribution in [1.29, 1.82) is 0 Å². The third-order valence-electron chi connectivity index (χ3n) is 7.07. The number of phenols is 1. The van der Waals surface area contributed by atoms with Crippen molar-refractivity contribution in [2.45, 2.75) is 33.6 Å². The van der Waals surface area contributed by atoms with Gasteiger partial charge in [0.15, 0.2) is 11.4 Å². The molecule has 4 N–H and O–H groups in total. The van der Waals surface area contributed by atoms with E-state index in [1.807, 2.05) is 6.07 Å². The van der Waals surface area contributed by atoms with Crippen LogP contribution < -0.4 is 0 Å². The second-order valence-corrected chi connectivity index (χ2v) is 9.99. The zero-order chi connectivity index (χ0) is 27.8. The number of H-pyrrole nitrogens is 1. The Morgan fingerprint density at radius 2 is 1.62 bits per heavy atom. The molecule has 0 aliphatic carbocycles. The average Bonchev–Trinajstić information content (AvgIpc) is 3.24. The van der Waals surface area contributed by atoms with Crippen molar-refractivity contribution >= 4 is 28.2 Å². The van der Waals surface area contributed by atoms with Crippen molar-refractivity contribution in [3.63, 3.8) is 0 Å². The summed E-state index contributed by atoms with van der Waals surface area (Å²) < 4.78 is 0. The maximum atomic E-state index is 11.4. The summed E-state index contributed by atoms with van der Waals surface area (Å²) in [6.07, 6.45) is 0. The largest absolute Gasteiger partial charge is 0.505 e. The number of nitrogens with one attached hydrogen (secondary N) is 1. The number of aromatic hydroxyl groups is 2. The molecule has 0 saturated carbocycles. The molecule has 0 aliphatic heterocycles. The summed E-state index contributed by atoms with van der Waals surface area (Å²) in [6.45, 7) is 8.43. The second-order valence-electron chi connectivity index (χ2n) is 9.99. The number of rotatable bonds is 6. The van der Waals surface area contributed by atoms with Crippen LogP contribution in [0.15, 0.2) is 83.0 Å². The zero-order valence-corrected chi connectivity index (χ0v) is 22.1. The van der Waals surface area contributed by atoms with E-state index in [1.165, 1.54) is 23.3 Å². The summed E-state index contributed by atoms with van der Waals surface area (Å²) in [5, 5.41) is 40.5. The summed E-state index contributed by atoms with van der Waals surface area (Å²) in [6, 6.07) is 21.6. The predicted molar refractivity (Wildman–Crippen MR) is 154 cm³/mol. The van der Waals surface area contributed by atoms with E-state index >= 15 is 0 Å². The van der Waals surface area contributed by atoms with Crippen LogP contribution in [-0.2, 0) is 0 Å². The van der Waals surface area contributed by atoms with Gasteiger partial charge in [-0.05, 0) is 65.8 Å². The van der Waals surface area contributed by atoms with Crippen LogP contribution >= 0.6 is 0 Å². The molecule has 7 nitrogen and oxygen atoms in total. The quantitative estimate of drug-likeness (QED) is 0.168. The fraction of sp³-hybridized carbons (Fsp3) is 0.156. The zero-order valence-electron chi connectivity index (χ0n) is 22.1. The van der Waals surface area contributed by atoms with E-state index in [4.69, 9.17) is 0 Å². The molecular weight excluding hydrogens is 490 g/mol. The molecule has 196 valence electrons. The maximum Gasteiger partial charge on any atom is 0.335 e. The Bertz CT molecular complexity index is 1770. The molecule has 1 heterocycles. The average molecular weight is 520 g/mol. The Morgan fingerprint density at radius 1 is 0.846 bits per heavy atom. The number of azo groups is 1. The number of carboxylic acid groups (broad SMARTS) is 1. The molecule has 0 bridgehead atoms. The Kier molecular flexibility index (Phi) is 6.66. The van der Waals surface area contributed by atoms with Crippen LogP contribution in [0.4, 0.5) is 11.4 Å². The number of aromatic nitrogens is 1. The minimum absolute atomic E-state index is 0.114. The fourth-order valence-electron chi connectivity index (χ4n) is 4.81. The first-order valence-electron chi connectivity index (χ1n) is 12.7. The van der Waals surface area contributed by atoms with Gasteiger partial charge in [0.1, 0.15) is 5.69 Å². The summed E-state index contributed by atoms with van der Waals surface area (Å²) in [4.78, 5) is 14.5. The summed E-state index contributed by atoms with van der Waals surface area (Å²) in [7, 11) is 0. The minimum atomic E-state index is -1.05. The molecule has 0 saturated heterocycles. The molecule has 0 atom stereocenters. The summed E-state index contributed by atoms with van der Waals surface area (Å²) >= 11 is 0. The number of phenolic OH excluding ortho intramolecular Hbond substituents is 1. The van der Waals surface area contributed by atoms with Gasteiger partial charge in [0.05, 0.1) is 11.1 Å². The van der Waals surface area contributed by atoms with Crippen molar-refractivity contribution in [3.8, 4) is 33.9 Å². The second kappa shape index (κ2) is 10.1. The lowest BCUT2D eigenvalue weighted by Crippen LogP contribution is -1.95. The SMILES string of the molecule is Cc1ccc(-c2c(C(C)C)ccc3c(N=Nc4cccc(-c5cccc(C(=O)O)c5)c4O)c(O)[nH]c23)cc1C. The van der Waals surface area contributed by atoms with Crippen LogP contribution in [0.1, 0.15) is 46.8 Å². The molecule has 0 amide bonds. The highest BCUT2D eigenvalue weighted by atomic mass is 16.4. The van der Waals surface area contributed by atoms with Crippen LogP contribution in [0.2, 0.25) is 0 Å². The van der Waals surface area contributed by atoms with E-state index in [-0.39, 0.29) is 34.5 Å². The predicted octanol–water partition coefficient (Wildman–Crippen LogP) is 8.77. The highest BCUT2D eigenvalue weighted by molar-refractivity contribution is 6.04. The maximum absolute atomic E-state index is 11.4. The Labute approximate surface area is 226 Å². The third-order valence-corrected chi connectivity index (χ3v) is 7.07. The number of carbonyl (C=O) groups is 1. The smallest absolute Gasteiger partial charge is 0.335 e. The van der Waals surface area contributed by atoms with Crippen LogP contribution in [0.3, 0.4) is 0 Å². The number of hydrogen-bond acceptors (Lipinski definition) is 5. The van der Waals surface area contributed by atoms with E-state index in [2.05, 4.69) is 67.2 Å². The van der Waals surface area contributed by atoms with Crippen molar-refractivity contribution in [2.75, 3.05) is 0 Å². The van der Waals surface area contributed by atoms with E-state index in [1.54, 1.807) is 30.3 Å². The molecule has 5 rings (SSSR count). The van der Waals surface area contributed by atoms with Gasteiger partial charge in [-0.3, -0.25) is 0 Å². The molecule has 7 heteroatoms. The number of benzene rings is 4. The van der Waals surface area contributed by atoms with E-state index in [0.717, 1.165) is 22.2 Å². The third kappa shape index (κ3) is 4.75.